The zero-order chi connectivity index (χ0) is 22.6. The van der Waals surface area contributed by atoms with E-state index in [2.05, 4.69) is 37.3 Å². The number of nitrogens with zero attached hydrogens (tertiary/aromatic N) is 1. The summed E-state index contributed by atoms with van der Waals surface area (Å²) in [6, 6.07) is 11.1. The van der Waals surface area contributed by atoms with Crippen LogP contribution < -0.4 is 0 Å². The lowest BCUT2D eigenvalue weighted by Crippen LogP contribution is -2.17. The molecule has 2 heteroatoms. The Kier molecular flexibility index (Phi) is 10.5. The van der Waals surface area contributed by atoms with Gasteiger partial charge in [-0.2, -0.15) is 9.65 Å². The molecule has 0 N–H and O–H groups in total. The summed E-state index contributed by atoms with van der Waals surface area (Å²) in [6.07, 6.45) is 23.6. The van der Waals surface area contributed by atoms with Gasteiger partial charge in [-0.1, -0.05) is 69.0 Å². The van der Waals surface area contributed by atoms with E-state index in [1.165, 1.54) is 108 Å². The van der Waals surface area contributed by atoms with Crippen molar-refractivity contribution in [3.05, 3.63) is 59.4 Å². The lowest BCUT2D eigenvalue weighted by atomic mass is 9.74. The van der Waals surface area contributed by atoms with Crippen molar-refractivity contribution in [2.24, 2.45) is 17.8 Å². The molecular formula is C30H42FN. The van der Waals surface area contributed by atoms with Crippen molar-refractivity contribution in [3.8, 4) is 6.07 Å². The van der Waals surface area contributed by atoms with Gasteiger partial charge in [0.15, 0.2) is 5.83 Å². The molecule has 1 aromatic carbocycles. The average Bonchev–Trinajstić information content (AvgIpc) is 2.84. The van der Waals surface area contributed by atoms with Crippen LogP contribution in [-0.4, -0.2) is 0 Å². The van der Waals surface area contributed by atoms with Crippen LogP contribution >= 0.6 is 0 Å². The lowest BCUT2D eigenvalue weighted by Gasteiger charge is -2.31. The molecule has 2 aliphatic rings. The van der Waals surface area contributed by atoms with Gasteiger partial charge in [-0.25, -0.2) is 0 Å². The second-order valence-corrected chi connectivity index (χ2v) is 10.3. The maximum atomic E-state index is 12.9. The van der Waals surface area contributed by atoms with Gasteiger partial charge in [-0.05, 0) is 105 Å². The summed E-state index contributed by atoms with van der Waals surface area (Å²) < 4.78 is 12.9. The number of nitriles is 1. The monoisotopic (exact) mass is 435 g/mol. The first kappa shape index (κ1) is 24.8. The number of aryl methyl sites for hydroxylation is 1. The Morgan fingerprint density at radius 3 is 2.16 bits per heavy atom. The quantitative estimate of drug-likeness (QED) is 0.204. The fraction of sp³-hybridized carbons (Fsp3) is 0.633. The summed E-state index contributed by atoms with van der Waals surface area (Å²) in [4.78, 5) is 0. The van der Waals surface area contributed by atoms with Gasteiger partial charge in [0.1, 0.15) is 6.07 Å². The molecular weight excluding hydrogens is 393 g/mol. The fourth-order valence-corrected chi connectivity index (χ4v) is 5.80. The SMILES string of the molecule is CCCCCc1ccc(C2CCC(CCC3CCC(C=CC=C(F)C#N)CC3)CC2)cc1. The first-order chi connectivity index (χ1) is 15.7. The normalized spacial score (nSPS) is 26.8. The van der Waals surface area contributed by atoms with E-state index in [0.717, 1.165) is 17.8 Å². The van der Waals surface area contributed by atoms with Crippen molar-refractivity contribution in [1.82, 2.24) is 0 Å². The lowest BCUT2D eigenvalue weighted by molar-refractivity contribution is 0.246. The molecule has 0 spiro atoms. The third-order valence-electron chi connectivity index (χ3n) is 7.97. The minimum atomic E-state index is -0.705. The van der Waals surface area contributed by atoms with Crippen molar-refractivity contribution in [1.29, 1.82) is 5.26 Å². The van der Waals surface area contributed by atoms with E-state index >= 15 is 0 Å². The molecule has 0 heterocycles. The molecule has 2 fully saturated rings. The first-order valence-corrected chi connectivity index (χ1v) is 13.2. The molecule has 1 nitrogen and oxygen atoms in total. The van der Waals surface area contributed by atoms with Gasteiger partial charge in [-0.3, -0.25) is 0 Å². The highest BCUT2D eigenvalue weighted by atomic mass is 19.1. The van der Waals surface area contributed by atoms with Crippen LogP contribution in [0.15, 0.2) is 48.3 Å². The second kappa shape index (κ2) is 13.6. The molecule has 0 radical (unpaired) electrons. The Morgan fingerprint density at radius 2 is 1.56 bits per heavy atom. The van der Waals surface area contributed by atoms with Crippen LogP contribution in [0.1, 0.15) is 107 Å². The van der Waals surface area contributed by atoms with E-state index in [9.17, 15) is 4.39 Å². The van der Waals surface area contributed by atoms with Crippen LogP contribution in [0.5, 0.6) is 0 Å². The number of hydrogen-bond acceptors (Lipinski definition) is 1. The zero-order valence-electron chi connectivity index (χ0n) is 20.1. The summed E-state index contributed by atoms with van der Waals surface area (Å²) in [5.41, 5.74) is 3.07. The molecule has 0 saturated heterocycles. The van der Waals surface area contributed by atoms with Gasteiger partial charge >= 0.3 is 0 Å². The molecule has 32 heavy (non-hydrogen) atoms. The minimum Gasteiger partial charge on any atom is -0.195 e. The predicted octanol–water partition coefficient (Wildman–Crippen LogP) is 9.21. The largest absolute Gasteiger partial charge is 0.199 e. The average molecular weight is 436 g/mol. The Labute approximate surface area is 195 Å². The number of rotatable bonds is 10. The summed E-state index contributed by atoms with van der Waals surface area (Å²) >= 11 is 0. The number of halogens is 1. The Balaban J connectivity index is 1.32. The van der Waals surface area contributed by atoms with Gasteiger partial charge in [-0.15, -0.1) is 0 Å². The molecule has 0 atom stereocenters. The van der Waals surface area contributed by atoms with Gasteiger partial charge < -0.3 is 0 Å². The smallest absolute Gasteiger partial charge is 0.195 e. The second-order valence-electron chi connectivity index (χ2n) is 10.3. The number of hydrogen-bond donors (Lipinski definition) is 0. The molecule has 1 aromatic rings. The highest BCUT2D eigenvalue weighted by Crippen LogP contribution is 2.40. The van der Waals surface area contributed by atoms with Crippen LogP contribution in [0, 0.1) is 29.1 Å². The maximum absolute atomic E-state index is 12.9. The van der Waals surface area contributed by atoms with Crippen LogP contribution in [0.25, 0.3) is 0 Å². The highest BCUT2D eigenvalue weighted by Gasteiger charge is 2.24. The topological polar surface area (TPSA) is 23.8 Å². The number of unbranched alkanes of at least 4 members (excludes halogenated alkanes) is 2. The van der Waals surface area contributed by atoms with Crippen molar-refractivity contribution >= 4 is 0 Å². The summed E-state index contributed by atoms with van der Waals surface area (Å²) in [5.74, 6) is 2.44. The van der Waals surface area contributed by atoms with Crippen LogP contribution in [-0.2, 0) is 6.42 Å². The Morgan fingerprint density at radius 1 is 0.938 bits per heavy atom. The molecule has 0 unspecified atom stereocenters. The molecule has 0 aliphatic heterocycles. The Bertz CT molecular complexity index is 753. The van der Waals surface area contributed by atoms with Crippen molar-refractivity contribution in [2.45, 2.75) is 103 Å². The standard InChI is InChI=1S/C30H42FN/c1-2-3-4-6-24-15-19-28(20-16-24)29-21-17-27(18-22-29)14-13-26-11-9-25(10-12-26)7-5-8-30(31)23-32/h5,7-8,15-16,19-20,25-27,29H,2-4,6,9-14,17-18,21-22H2,1H3. The highest BCUT2D eigenvalue weighted by molar-refractivity contribution is 5.26. The predicted molar refractivity (Wildman–Crippen MR) is 133 cm³/mol. The van der Waals surface area contributed by atoms with E-state index < -0.39 is 5.83 Å². The molecule has 2 saturated carbocycles. The summed E-state index contributed by atoms with van der Waals surface area (Å²) in [5, 5.41) is 8.46. The van der Waals surface area contributed by atoms with Gasteiger partial charge in [0, 0.05) is 0 Å². The van der Waals surface area contributed by atoms with Gasteiger partial charge in [0.2, 0.25) is 0 Å². The zero-order valence-corrected chi connectivity index (χ0v) is 20.1. The summed E-state index contributed by atoms with van der Waals surface area (Å²) in [7, 11) is 0. The van der Waals surface area contributed by atoms with E-state index in [1.54, 1.807) is 11.6 Å². The van der Waals surface area contributed by atoms with Crippen molar-refractivity contribution < 1.29 is 4.39 Å². The molecule has 0 aromatic heterocycles. The third-order valence-corrected chi connectivity index (χ3v) is 7.97. The van der Waals surface area contributed by atoms with Crippen LogP contribution in [0.3, 0.4) is 0 Å². The van der Waals surface area contributed by atoms with Crippen LogP contribution in [0.2, 0.25) is 0 Å². The third kappa shape index (κ3) is 8.23. The van der Waals surface area contributed by atoms with Gasteiger partial charge in [0.25, 0.3) is 0 Å². The summed E-state index contributed by atoms with van der Waals surface area (Å²) in [6.45, 7) is 2.27. The van der Waals surface area contributed by atoms with E-state index in [-0.39, 0.29) is 0 Å². The number of benzene rings is 1. The first-order valence-electron chi connectivity index (χ1n) is 13.2. The Hall–Kier alpha value is -1.88. The fourth-order valence-electron chi connectivity index (χ4n) is 5.80. The number of allylic oxidation sites excluding steroid dienone is 4. The van der Waals surface area contributed by atoms with Crippen molar-refractivity contribution in [2.75, 3.05) is 0 Å². The minimum absolute atomic E-state index is 0.558. The molecule has 2 aliphatic carbocycles. The van der Waals surface area contributed by atoms with E-state index in [4.69, 9.17) is 5.26 Å². The molecule has 174 valence electrons. The molecule has 0 amide bonds. The molecule has 3 rings (SSSR count). The van der Waals surface area contributed by atoms with Crippen LogP contribution in [0.4, 0.5) is 4.39 Å². The van der Waals surface area contributed by atoms with Gasteiger partial charge in [0.05, 0.1) is 0 Å². The molecule has 0 bridgehead atoms. The van der Waals surface area contributed by atoms with E-state index in [0.29, 0.717) is 5.92 Å². The maximum Gasteiger partial charge on any atom is 0.199 e. The van der Waals surface area contributed by atoms with Crippen molar-refractivity contribution in [3.63, 3.8) is 0 Å². The van der Waals surface area contributed by atoms with E-state index in [1.807, 2.05) is 0 Å².